The van der Waals surface area contributed by atoms with Crippen LogP contribution in [0.5, 0.6) is 0 Å². The smallest absolute Gasteiger partial charge is 0.250 e. The predicted octanol–water partition coefficient (Wildman–Crippen LogP) is 1.47. The van der Waals surface area contributed by atoms with Gasteiger partial charge in [0.2, 0.25) is 0 Å². The number of halogens is 2. The molecule has 4 heteroatoms. The van der Waals surface area contributed by atoms with Crippen LogP contribution in [0.2, 0.25) is 0 Å². The van der Waals surface area contributed by atoms with Crippen LogP contribution in [0.3, 0.4) is 0 Å². The topological polar surface area (TPSA) is 15.3 Å². The van der Waals surface area contributed by atoms with E-state index in [4.69, 9.17) is 0 Å². The summed E-state index contributed by atoms with van der Waals surface area (Å²) in [6, 6.07) is 1.60. The van der Waals surface area contributed by atoms with Gasteiger partial charge in [-0.15, -0.1) is 0 Å². The van der Waals surface area contributed by atoms with E-state index in [0.29, 0.717) is 6.04 Å². The summed E-state index contributed by atoms with van der Waals surface area (Å²) < 4.78 is 24.0. The summed E-state index contributed by atoms with van der Waals surface area (Å²) >= 11 is 0. The molecule has 1 N–H and O–H groups in total. The van der Waals surface area contributed by atoms with Gasteiger partial charge in [0, 0.05) is 24.7 Å². The molecule has 0 aromatic rings. The van der Waals surface area contributed by atoms with Gasteiger partial charge in [-0.25, -0.2) is 8.78 Å². The second-order valence-electron chi connectivity index (χ2n) is 4.51. The van der Waals surface area contributed by atoms with E-state index in [0.717, 1.165) is 19.0 Å². The number of hydrogen-bond donors (Lipinski definition) is 1. The van der Waals surface area contributed by atoms with Gasteiger partial charge >= 0.3 is 0 Å². The molecule has 2 aliphatic rings. The normalized spacial score (nSPS) is 34.3. The molecule has 1 aliphatic carbocycles. The number of likely N-dealkylation sites (tertiary alicyclic amines) is 1. The highest BCUT2D eigenvalue weighted by atomic mass is 19.3. The lowest BCUT2D eigenvalue weighted by atomic mass is 10.2. The lowest BCUT2D eigenvalue weighted by Gasteiger charge is -2.19. The van der Waals surface area contributed by atoms with Gasteiger partial charge in [0.15, 0.2) is 0 Å². The lowest BCUT2D eigenvalue weighted by molar-refractivity contribution is 0.141. The molecule has 1 aliphatic heterocycles. The van der Waals surface area contributed by atoms with Crippen molar-refractivity contribution in [2.75, 3.05) is 13.1 Å². The lowest BCUT2D eigenvalue weighted by Crippen LogP contribution is -2.36. The van der Waals surface area contributed by atoms with Crippen molar-refractivity contribution in [3.63, 3.8) is 0 Å². The maximum Gasteiger partial charge on any atom is 0.250 e. The Kier molecular flexibility index (Phi) is 3.02. The van der Waals surface area contributed by atoms with Gasteiger partial charge in [0.25, 0.3) is 6.43 Å². The minimum Gasteiger partial charge on any atom is -0.307 e. The maximum atomic E-state index is 12.0. The minimum atomic E-state index is -2.22. The molecule has 14 heavy (non-hydrogen) atoms. The highest BCUT2D eigenvalue weighted by Crippen LogP contribution is 2.33. The third kappa shape index (κ3) is 2.42. The summed E-state index contributed by atoms with van der Waals surface area (Å²) in [4.78, 5) is 2.46. The van der Waals surface area contributed by atoms with Gasteiger partial charge in [-0.1, -0.05) is 0 Å². The first-order valence-electron chi connectivity index (χ1n) is 5.44. The zero-order valence-electron chi connectivity index (χ0n) is 8.55. The first-order valence-corrected chi connectivity index (χ1v) is 5.44. The number of nitrogens with one attached hydrogen (secondary N) is 1. The molecule has 1 saturated carbocycles. The van der Waals surface area contributed by atoms with Gasteiger partial charge in [0.1, 0.15) is 0 Å². The highest BCUT2D eigenvalue weighted by Gasteiger charge is 2.38. The fraction of sp³-hybridized carbons (Fsp3) is 1.00. The molecule has 0 spiro atoms. The van der Waals surface area contributed by atoms with Gasteiger partial charge in [-0.2, -0.15) is 0 Å². The first kappa shape index (κ1) is 10.3. The van der Waals surface area contributed by atoms with Gasteiger partial charge < -0.3 is 5.32 Å². The molecule has 0 aromatic heterocycles. The van der Waals surface area contributed by atoms with Crippen LogP contribution < -0.4 is 5.32 Å². The fourth-order valence-corrected chi connectivity index (χ4v) is 2.37. The molecule has 1 heterocycles. The molecule has 2 rings (SSSR count). The van der Waals surface area contributed by atoms with Crippen LogP contribution in [-0.4, -0.2) is 42.5 Å². The Hall–Kier alpha value is -0.220. The van der Waals surface area contributed by atoms with Gasteiger partial charge in [-0.3, -0.25) is 4.90 Å². The minimum absolute atomic E-state index is 0.157. The average molecular weight is 204 g/mol. The van der Waals surface area contributed by atoms with E-state index in [9.17, 15) is 8.78 Å². The van der Waals surface area contributed by atoms with Crippen molar-refractivity contribution >= 4 is 0 Å². The molecule has 1 saturated heterocycles. The Balaban J connectivity index is 1.74. The van der Waals surface area contributed by atoms with Crippen LogP contribution >= 0.6 is 0 Å². The monoisotopic (exact) mass is 204 g/mol. The molecule has 2 nitrogen and oxygen atoms in total. The van der Waals surface area contributed by atoms with Crippen molar-refractivity contribution in [2.24, 2.45) is 0 Å². The van der Waals surface area contributed by atoms with Gasteiger partial charge in [-0.05, 0) is 26.2 Å². The second-order valence-corrected chi connectivity index (χ2v) is 4.51. The molecular weight excluding hydrogens is 186 g/mol. The zero-order valence-corrected chi connectivity index (χ0v) is 8.55. The molecule has 2 atom stereocenters. The quantitative estimate of drug-likeness (QED) is 0.746. The summed E-state index contributed by atoms with van der Waals surface area (Å²) in [5.41, 5.74) is 0. The van der Waals surface area contributed by atoms with Crippen molar-refractivity contribution in [1.82, 2.24) is 10.2 Å². The second kappa shape index (κ2) is 4.11. The fourth-order valence-electron chi connectivity index (χ4n) is 2.37. The van der Waals surface area contributed by atoms with E-state index >= 15 is 0 Å². The van der Waals surface area contributed by atoms with Crippen LogP contribution in [0.25, 0.3) is 0 Å². The molecule has 0 radical (unpaired) electrons. The molecular formula is C10H18F2N2. The predicted molar refractivity (Wildman–Crippen MR) is 51.6 cm³/mol. The summed E-state index contributed by atoms with van der Waals surface area (Å²) in [5, 5.41) is 2.93. The number of nitrogens with zero attached hydrogens (tertiary/aromatic N) is 1. The van der Waals surface area contributed by atoms with E-state index in [2.05, 4.69) is 17.1 Å². The van der Waals surface area contributed by atoms with Crippen LogP contribution in [0.15, 0.2) is 0 Å². The van der Waals surface area contributed by atoms with Crippen LogP contribution in [0.4, 0.5) is 8.78 Å². The third-order valence-electron chi connectivity index (χ3n) is 3.20. The van der Waals surface area contributed by atoms with Crippen molar-refractivity contribution < 1.29 is 8.78 Å². The Morgan fingerprint density at radius 2 is 2.14 bits per heavy atom. The van der Waals surface area contributed by atoms with E-state index in [1.165, 1.54) is 12.8 Å². The number of rotatable bonds is 4. The standard InChI is InChI=1S/C10H18F2N2/c1-7-4-8(13-5-10(11)12)6-14(7)9-2-3-9/h7-10,13H,2-6H2,1H3. The Bertz CT molecular complexity index is 195. The molecule has 2 unspecified atom stereocenters. The third-order valence-corrected chi connectivity index (χ3v) is 3.20. The van der Waals surface area contributed by atoms with Crippen molar-refractivity contribution in [3.05, 3.63) is 0 Å². The molecule has 0 bridgehead atoms. The zero-order chi connectivity index (χ0) is 10.1. The molecule has 82 valence electrons. The summed E-state index contributed by atoms with van der Waals surface area (Å²) in [6.07, 6.45) is 1.39. The van der Waals surface area contributed by atoms with Crippen molar-refractivity contribution in [1.29, 1.82) is 0 Å². The SMILES string of the molecule is CC1CC(NCC(F)F)CN1C1CC1. The molecule has 0 amide bonds. The van der Waals surface area contributed by atoms with E-state index in [1.54, 1.807) is 0 Å². The Morgan fingerprint density at radius 3 is 2.71 bits per heavy atom. The van der Waals surface area contributed by atoms with Gasteiger partial charge in [0.05, 0.1) is 6.54 Å². The van der Waals surface area contributed by atoms with E-state index < -0.39 is 6.43 Å². The van der Waals surface area contributed by atoms with Crippen molar-refractivity contribution in [2.45, 2.75) is 50.7 Å². The van der Waals surface area contributed by atoms with Crippen LogP contribution in [0, 0.1) is 0 Å². The first-order chi connectivity index (χ1) is 6.66. The highest BCUT2D eigenvalue weighted by molar-refractivity contribution is 4.95. The Labute approximate surface area is 83.7 Å². The van der Waals surface area contributed by atoms with E-state index in [-0.39, 0.29) is 12.6 Å². The molecule has 2 fully saturated rings. The summed E-state index contributed by atoms with van der Waals surface area (Å²) in [7, 11) is 0. The number of hydrogen-bond acceptors (Lipinski definition) is 2. The average Bonchev–Trinajstić information content (AvgIpc) is 2.88. The molecule has 0 aromatic carbocycles. The van der Waals surface area contributed by atoms with Crippen LogP contribution in [-0.2, 0) is 0 Å². The number of alkyl halides is 2. The summed E-state index contributed by atoms with van der Waals surface area (Å²) in [5.74, 6) is 0. The van der Waals surface area contributed by atoms with E-state index in [1.807, 2.05) is 0 Å². The largest absolute Gasteiger partial charge is 0.307 e. The van der Waals surface area contributed by atoms with Crippen LogP contribution in [0.1, 0.15) is 26.2 Å². The van der Waals surface area contributed by atoms with Crippen molar-refractivity contribution in [3.8, 4) is 0 Å². The Morgan fingerprint density at radius 1 is 1.43 bits per heavy atom. The maximum absolute atomic E-state index is 12.0. The summed E-state index contributed by atoms with van der Waals surface area (Å²) in [6.45, 7) is 3.00.